The van der Waals surface area contributed by atoms with E-state index in [1.165, 1.54) is 29.7 Å². The van der Waals surface area contributed by atoms with Crippen LogP contribution in [-0.4, -0.2) is 35.4 Å². The van der Waals surface area contributed by atoms with Crippen molar-refractivity contribution in [3.63, 3.8) is 0 Å². The van der Waals surface area contributed by atoms with Crippen LogP contribution in [0.4, 0.5) is 0 Å². The van der Waals surface area contributed by atoms with Gasteiger partial charge in [0.1, 0.15) is 0 Å². The second kappa shape index (κ2) is 6.31. The fraction of sp³-hybridized carbons (Fsp3) is 0.615. The molecule has 1 aromatic heterocycles. The van der Waals surface area contributed by atoms with Crippen molar-refractivity contribution >= 4 is 17.2 Å². The van der Waals surface area contributed by atoms with Crippen LogP contribution < -0.4 is 5.32 Å². The molecule has 1 aliphatic carbocycles. The molecule has 18 heavy (non-hydrogen) atoms. The van der Waals surface area contributed by atoms with Crippen LogP contribution in [0.2, 0.25) is 0 Å². The van der Waals surface area contributed by atoms with Crippen molar-refractivity contribution in [1.29, 1.82) is 0 Å². The largest absolute Gasteiger partial charge is 0.394 e. The Hall–Kier alpha value is -0.910. The number of thiophene rings is 1. The number of amides is 1. The van der Waals surface area contributed by atoms with Crippen LogP contribution in [0.3, 0.4) is 0 Å². The van der Waals surface area contributed by atoms with Gasteiger partial charge in [-0.2, -0.15) is 0 Å². The fourth-order valence-electron chi connectivity index (χ4n) is 2.18. The first-order chi connectivity index (χ1) is 8.74. The second-order valence-electron chi connectivity index (χ2n) is 4.66. The van der Waals surface area contributed by atoms with Gasteiger partial charge in [0.2, 0.25) is 0 Å². The minimum atomic E-state index is -0.570. The average Bonchev–Trinajstić information content (AvgIpc) is 2.67. The Morgan fingerprint density at radius 2 is 2.00 bits per heavy atom. The van der Waals surface area contributed by atoms with Gasteiger partial charge >= 0.3 is 0 Å². The van der Waals surface area contributed by atoms with Crippen LogP contribution >= 0.6 is 11.3 Å². The topological polar surface area (TPSA) is 69.6 Å². The molecule has 0 aromatic carbocycles. The molecule has 0 saturated carbocycles. The van der Waals surface area contributed by atoms with Gasteiger partial charge in [0.25, 0.3) is 5.91 Å². The summed E-state index contributed by atoms with van der Waals surface area (Å²) in [4.78, 5) is 14.0. The number of aliphatic hydroxyl groups is 2. The SMILES string of the molecule is O=C(NC(CO)CO)c1cc2c(s1)CCCCC2. The van der Waals surface area contributed by atoms with Crippen LogP contribution in [0, 0.1) is 0 Å². The Morgan fingerprint density at radius 1 is 1.28 bits per heavy atom. The zero-order valence-corrected chi connectivity index (χ0v) is 11.1. The van der Waals surface area contributed by atoms with Crippen molar-refractivity contribution in [1.82, 2.24) is 5.32 Å². The Balaban J connectivity index is 2.07. The van der Waals surface area contributed by atoms with Gasteiger partial charge in [-0.05, 0) is 37.3 Å². The Bertz CT molecular complexity index is 389. The van der Waals surface area contributed by atoms with Crippen LogP contribution in [0.1, 0.15) is 39.4 Å². The molecule has 0 spiro atoms. The Kier molecular flexibility index (Phi) is 4.74. The van der Waals surface area contributed by atoms with E-state index in [2.05, 4.69) is 5.32 Å². The molecule has 0 bridgehead atoms. The number of fused-ring (bicyclic) bond motifs is 1. The average molecular weight is 269 g/mol. The van der Waals surface area contributed by atoms with E-state index in [0.717, 1.165) is 12.8 Å². The second-order valence-corrected chi connectivity index (χ2v) is 5.79. The molecule has 1 aromatic rings. The number of aryl methyl sites for hydroxylation is 2. The van der Waals surface area contributed by atoms with Gasteiger partial charge in [-0.1, -0.05) is 6.42 Å². The maximum atomic E-state index is 12.0. The van der Waals surface area contributed by atoms with Crippen molar-refractivity contribution in [2.24, 2.45) is 0 Å². The first-order valence-corrected chi connectivity index (χ1v) is 7.20. The lowest BCUT2D eigenvalue weighted by Crippen LogP contribution is -2.39. The van der Waals surface area contributed by atoms with E-state index in [1.807, 2.05) is 6.07 Å². The molecule has 1 amide bonds. The van der Waals surface area contributed by atoms with Gasteiger partial charge in [-0.25, -0.2) is 0 Å². The highest BCUT2D eigenvalue weighted by molar-refractivity contribution is 7.14. The summed E-state index contributed by atoms with van der Waals surface area (Å²) in [7, 11) is 0. The van der Waals surface area contributed by atoms with Gasteiger partial charge < -0.3 is 15.5 Å². The molecular formula is C13H19NO3S. The van der Waals surface area contributed by atoms with Gasteiger partial charge in [0, 0.05) is 4.88 Å². The van der Waals surface area contributed by atoms with Crippen molar-refractivity contribution in [3.8, 4) is 0 Å². The van der Waals surface area contributed by atoms with E-state index in [-0.39, 0.29) is 19.1 Å². The van der Waals surface area contributed by atoms with E-state index >= 15 is 0 Å². The Labute approximate surface area is 111 Å². The van der Waals surface area contributed by atoms with Crippen molar-refractivity contribution in [2.75, 3.05) is 13.2 Å². The summed E-state index contributed by atoms with van der Waals surface area (Å²) in [5, 5.41) is 20.5. The van der Waals surface area contributed by atoms with E-state index in [0.29, 0.717) is 4.88 Å². The monoisotopic (exact) mass is 269 g/mol. The molecule has 3 N–H and O–H groups in total. The fourth-order valence-corrected chi connectivity index (χ4v) is 3.34. The lowest BCUT2D eigenvalue weighted by Gasteiger charge is -2.12. The normalized spacial score (nSPS) is 15.3. The number of aliphatic hydroxyl groups excluding tert-OH is 2. The zero-order chi connectivity index (χ0) is 13.0. The summed E-state index contributed by atoms with van der Waals surface area (Å²) in [6.45, 7) is -0.485. The standard InChI is InChI=1S/C13H19NO3S/c15-7-10(8-16)14-13(17)12-6-9-4-2-1-3-5-11(9)18-12/h6,10,15-16H,1-5,7-8H2,(H,14,17). The summed E-state index contributed by atoms with van der Waals surface area (Å²) < 4.78 is 0. The molecule has 0 atom stereocenters. The number of hydrogen-bond acceptors (Lipinski definition) is 4. The van der Waals surface area contributed by atoms with E-state index in [1.54, 1.807) is 11.3 Å². The van der Waals surface area contributed by atoms with Crippen LogP contribution in [0.15, 0.2) is 6.07 Å². The summed E-state index contributed by atoms with van der Waals surface area (Å²) in [6, 6.07) is 1.39. The van der Waals surface area contributed by atoms with Crippen molar-refractivity contribution in [3.05, 3.63) is 21.4 Å². The maximum Gasteiger partial charge on any atom is 0.261 e. The summed E-state index contributed by atoms with van der Waals surface area (Å²) in [6.07, 6.45) is 5.78. The molecule has 0 aliphatic heterocycles. The highest BCUT2D eigenvalue weighted by Crippen LogP contribution is 2.28. The van der Waals surface area contributed by atoms with Crippen LogP contribution in [0.25, 0.3) is 0 Å². The highest BCUT2D eigenvalue weighted by Gasteiger charge is 2.18. The lowest BCUT2D eigenvalue weighted by atomic mass is 10.1. The number of hydrogen-bond donors (Lipinski definition) is 3. The molecule has 100 valence electrons. The van der Waals surface area contributed by atoms with Gasteiger partial charge in [0.15, 0.2) is 0 Å². The molecule has 5 heteroatoms. The van der Waals surface area contributed by atoms with Gasteiger partial charge in [-0.3, -0.25) is 4.79 Å². The summed E-state index contributed by atoms with van der Waals surface area (Å²) >= 11 is 1.54. The van der Waals surface area contributed by atoms with E-state index < -0.39 is 6.04 Å². The molecule has 0 fully saturated rings. The number of rotatable bonds is 4. The quantitative estimate of drug-likeness (QED) is 0.717. The lowest BCUT2D eigenvalue weighted by molar-refractivity contribution is 0.0883. The van der Waals surface area contributed by atoms with Crippen LogP contribution in [0.5, 0.6) is 0 Å². The van der Waals surface area contributed by atoms with Crippen LogP contribution in [-0.2, 0) is 12.8 Å². The van der Waals surface area contributed by atoms with E-state index in [9.17, 15) is 4.79 Å². The third-order valence-electron chi connectivity index (χ3n) is 3.25. The van der Waals surface area contributed by atoms with E-state index in [4.69, 9.17) is 10.2 Å². The van der Waals surface area contributed by atoms with Crippen molar-refractivity contribution in [2.45, 2.75) is 38.1 Å². The smallest absolute Gasteiger partial charge is 0.261 e. The number of carbonyl (C=O) groups is 1. The number of nitrogens with one attached hydrogen (secondary N) is 1. The molecular weight excluding hydrogens is 250 g/mol. The molecule has 0 unspecified atom stereocenters. The number of carbonyl (C=O) groups excluding carboxylic acids is 1. The first kappa shape index (κ1) is 13.5. The summed E-state index contributed by atoms with van der Waals surface area (Å²) in [5.74, 6) is -0.193. The third kappa shape index (κ3) is 3.10. The molecule has 0 saturated heterocycles. The predicted molar refractivity (Wildman–Crippen MR) is 71.0 cm³/mol. The maximum absolute atomic E-state index is 12.0. The minimum absolute atomic E-state index is 0.193. The highest BCUT2D eigenvalue weighted by atomic mass is 32.1. The molecule has 2 rings (SSSR count). The first-order valence-electron chi connectivity index (χ1n) is 6.38. The summed E-state index contributed by atoms with van der Waals surface area (Å²) in [5.41, 5.74) is 1.30. The third-order valence-corrected chi connectivity index (χ3v) is 4.48. The van der Waals surface area contributed by atoms with Crippen molar-refractivity contribution < 1.29 is 15.0 Å². The molecule has 0 radical (unpaired) electrons. The molecule has 4 nitrogen and oxygen atoms in total. The Morgan fingerprint density at radius 3 is 2.72 bits per heavy atom. The molecule has 1 aliphatic rings. The zero-order valence-electron chi connectivity index (χ0n) is 10.3. The van der Waals surface area contributed by atoms with Gasteiger partial charge in [-0.15, -0.1) is 11.3 Å². The predicted octanol–water partition coefficient (Wildman–Crippen LogP) is 1.10. The van der Waals surface area contributed by atoms with Gasteiger partial charge in [0.05, 0.1) is 24.1 Å². The molecule has 1 heterocycles. The minimum Gasteiger partial charge on any atom is -0.394 e.